The van der Waals surface area contributed by atoms with Crippen LogP contribution in [0.2, 0.25) is 0 Å². The van der Waals surface area contributed by atoms with Crippen LogP contribution in [0.5, 0.6) is 0 Å². The Hall–Kier alpha value is -0.410. The fraction of sp³-hybridized carbons (Fsp3) is 0.900. The van der Waals surface area contributed by atoms with Crippen molar-refractivity contribution in [3.05, 3.63) is 0 Å². The van der Waals surface area contributed by atoms with E-state index in [1.54, 1.807) is 6.92 Å². The summed E-state index contributed by atoms with van der Waals surface area (Å²) in [4.78, 5) is 11.4. The minimum absolute atomic E-state index is 0.0568. The summed E-state index contributed by atoms with van der Waals surface area (Å²) < 4.78 is 5.38. The summed E-state index contributed by atoms with van der Waals surface area (Å²) in [7, 11) is 0. The molecule has 0 aromatic rings. The van der Waals surface area contributed by atoms with Crippen LogP contribution in [0.25, 0.3) is 0 Å². The second-order valence-electron chi connectivity index (χ2n) is 3.92. The zero-order chi connectivity index (χ0) is 10.6. The lowest BCUT2D eigenvalue weighted by molar-refractivity contribution is -0.148. The molecule has 2 atom stereocenters. The average molecular weight is 188 g/mol. The Morgan fingerprint density at radius 3 is 2.23 bits per heavy atom. The van der Waals surface area contributed by atoms with Crippen LogP contribution in [0.3, 0.4) is 0 Å². The van der Waals surface area contributed by atoms with E-state index in [0.29, 0.717) is 0 Å². The van der Waals surface area contributed by atoms with Gasteiger partial charge in [0.05, 0.1) is 6.10 Å². The van der Waals surface area contributed by atoms with Crippen LogP contribution in [-0.2, 0) is 9.53 Å². The second kappa shape index (κ2) is 4.72. The molecule has 0 heterocycles. The van der Waals surface area contributed by atoms with Crippen molar-refractivity contribution in [1.82, 2.24) is 0 Å². The standard InChI is InChI=1S/C10H20O3/c1-6-7(2)13-8(3)9(11)10(4,5)12/h7-8,12H,6H2,1-5H3. The zero-order valence-corrected chi connectivity index (χ0v) is 9.13. The third-order valence-corrected chi connectivity index (χ3v) is 1.98. The van der Waals surface area contributed by atoms with Crippen LogP contribution in [-0.4, -0.2) is 28.7 Å². The Morgan fingerprint density at radius 2 is 1.92 bits per heavy atom. The van der Waals surface area contributed by atoms with E-state index in [4.69, 9.17) is 4.74 Å². The zero-order valence-electron chi connectivity index (χ0n) is 9.13. The molecular formula is C10H20O3. The van der Waals surface area contributed by atoms with E-state index < -0.39 is 11.7 Å². The topological polar surface area (TPSA) is 46.5 Å². The maximum Gasteiger partial charge on any atom is 0.192 e. The molecule has 0 aliphatic carbocycles. The fourth-order valence-corrected chi connectivity index (χ4v) is 1.00. The van der Waals surface area contributed by atoms with Gasteiger partial charge in [-0.2, -0.15) is 0 Å². The highest BCUT2D eigenvalue weighted by Crippen LogP contribution is 2.11. The molecule has 78 valence electrons. The number of carbonyl (C=O) groups excluding carboxylic acids is 1. The molecule has 0 fully saturated rings. The van der Waals surface area contributed by atoms with E-state index in [1.807, 2.05) is 13.8 Å². The number of ketones is 1. The van der Waals surface area contributed by atoms with Crippen molar-refractivity contribution in [1.29, 1.82) is 0 Å². The van der Waals surface area contributed by atoms with Gasteiger partial charge in [0.15, 0.2) is 5.78 Å². The Balaban J connectivity index is 4.12. The van der Waals surface area contributed by atoms with Crippen molar-refractivity contribution in [3.8, 4) is 0 Å². The summed E-state index contributed by atoms with van der Waals surface area (Å²) in [5, 5.41) is 9.41. The Labute approximate surface area is 80.1 Å². The summed E-state index contributed by atoms with van der Waals surface area (Å²) >= 11 is 0. The van der Waals surface area contributed by atoms with Crippen LogP contribution in [0.1, 0.15) is 41.0 Å². The highest BCUT2D eigenvalue weighted by Gasteiger charge is 2.29. The van der Waals surface area contributed by atoms with Gasteiger partial charge in [-0.1, -0.05) is 6.92 Å². The highest BCUT2D eigenvalue weighted by molar-refractivity contribution is 5.89. The fourth-order valence-electron chi connectivity index (χ4n) is 1.00. The molecule has 0 aliphatic heterocycles. The van der Waals surface area contributed by atoms with Crippen LogP contribution in [0, 0.1) is 0 Å². The van der Waals surface area contributed by atoms with Crippen molar-refractivity contribution in [3.63, 3.8) is 0 Å². The first kappa shape index (κ1) is 12.6. The number of ether oxygens (including phenoxy) is 1. The summed E-state index contributed by atoms with van der Waals surface area (Å²) in [6, 6.07) is 0. The molecule has 0 amide bonds. The molecule has 0 saturated heterocycles. The van der Waals surface area contributed by atoms with Gasteiger partial charge in [0.2, 0.25) is 0 Å². The number of carbonyl (C=O) groups is 1. The van der Waals surface area contributed by atoms with Gasteiger partial charge in [0.25, 0.3) is 0 Å². The van der Waals surface area contributed by atoms with Crippen LogP contribution >= 0.6 is 0 Å². The minimum Gasteiger partial charge on any atom is -0.383 e. The Morgan fingerprint density at radius 1 is 1.46 bits per heavy atom. The van der Waals surface area contributed by atoms with Crippen molar-refractivity contribution in [2.24, 2.45) is 0 Å². The lowest BCUT2D eigenvalue weighted by atomic mass is 10.00. The lowest BCUT2D eigenvalue weighted by Gasteiger charge is -2.23. The van der Waals surface area contributed by atoms with Gasteiger partial charge in [-0.3, -0.25) is 4.79 Å². The number of rotatable bonds is 5. The van der Waals surface area contributed by atoms with E-state index in [-0.39, 0.29) is 11.9 Å². The van der Waals surface area contributed by atoms with Crippen LogP contribution in [0.15, 0.2) is 0 Å². The predicted molar refractivity (Wildman–Crippen MR) is 51.6 cm³/mol. The normalized spacial score (nSPS) is 16.8. The molecule has 0 aromatic heterocycles. The lowest BCUT2D eigenvalue weighted by Crippen LogP contribution is -2.40. The first-order valence-corrected chi connectivity index (χ1v) is 4.71. The Bertz CT molecular complexity index is 169. The van der Waals surface area contributed by atoms with E-state index in [1.165, 1.54) is 13.8 Å². The first-order chi connectivity index (χ1) is 5.79. The van der Waals surface area contributed by atoms with Crippen LogP contribution < -0.4 is 0 Å². The molecule has 0 spiro atoms. The monoisotopic (exact) mass is 188 g/mol. The number of hydrogen-bond donors (Lipinski definition) is 1. The summed E-state index contributed by atoms with van der Waals surface area (Å²) in [5.74, 6) is -0.271. The molecule has 0 aromatic carbocycles. The summed E-state index contributed by atoms with van der Waals surface area (Å²) in [6.07, 6.45) is 0.389. The molecule has 0 radical (unpaired) electrons. The molecule has 0 saturated carbocycles. The van der Waals surface area contributed by atoms with Gasteiger partial charge >= 0.3 is 0 Å². The molecule has 0 aliphatic rings. The number of Topliss-reactive ketones (excluding diaryl/α,β-unsaturated/α-hetero) is 1. The third kappa shape index (κ3) is 4.39. The number of aliphatic hydroxyl groups is 1. The molecule has 3 nitrogen and oxygen atoms in total. The molecule has 13 heavy (non-hydrogen) atoms. The maximum absolute atomic E-state index is 11.4. The first-order valence-electron chi connectivity index (χ1n) is 4.71. The smallest absolute Gasteiger partial charge is 0.192 e. The van der Waals surface area contributed by atoms with E-state index in [0.717, 1.165) is 6.42 Å². The van der Waals surface area contributed by atoms with Crippen molar-refractivity contribution in [2.75, 3.05) is 0 Å². The van der Waals surface area contributed by atoms with Gasteiger partial charge in [-0.25, -0.2) is 0 Å². The molecule has 1 N–H and O–H groups in total. The quantitative estimate of drug-likeness (QED) is 0.711. The van der Waals surface area contributed by atoms with Gasteiger partial charge in [-0.15, -0.1) is 0 Å². The van der Waals surface area contributed by atoms with E-state index in [2.05, 4.69) is 0 Å². The molecule has 0 bridgehead atoms. The summed E-state index contributed by atoms with van der Waals surface area (Å²) in [5.41, 5.74) is -1.30. The van der Waals surface area contributed by atoms with Crippen LogP contribution in [0.4, 0.5) is 0 Å². The molecule has 2 unspecified atom stereocenters. The number of hydrogen-bond acceptors (Lipinski definition) is 3. The Kier molecular flexibility index (Phi) is 4.57. The summed E-state index contributed by atoms with van der Waals surface area (Å²) in [6.45, 7) is 8.53. The predicted octanol–water partition coefficient (Wildman–Crippen LogP) is 1.53. The van der Waals surface area contributed by atoms with E-state index >= 15 is 0 Å². The van der Waals surface area contributed by atoms with Gasteiger partial charge in [0, 0.05) is 0 Å². The second-order valence-corrected chi connectivity index (χ2v) is 3.92. The highest BCUT2D eigenvalue weighted by atomic mass is 16.5. The van der Waals surface area contributed by atoms with Crippen molar-refractivity contribution < 1.29 is 14.6 Å². The maximum atomic E-state index is 11.4. The van der Waals surface area contributed by atoms with Crippen molar-refractivity contribution in [2.45, 2.75) is 58.8 Å². The van der Waals surface area contributed by atoms with Gasteiger partial charge in [-0.05, 0) is 34.1 Å². The van der Waals surface area contributed by atoms with Gasteiger partial charge in [0.1, 0.15) is 11.7 Å². The molecular weight excluding hydrogens is 168 g/mol. The largest absolute Gasteiger partial charge is 0.383 e. The average Bonchev–Trinajstić information content (AvgIpc) is 2.01. The minimum atomic E-state index is -1.30. The molecule has 0 rings (SSSR count). The van der Waals surface area contributed by atoms with Gasteiger partial charge < -0.3 is 9.84 Å². The third-order valence-electron chi connectivity index (χ3n) is 1.98. The SMILES string of the molecule is CCC(C)OC(C)C(=O)C(C)(C)O. The van der Waals surface area contributed by atoms with Crippen molar-refractivity contribution >= 4 is 5.78 Å². The molecule has 3 heteroatoms. The van der Waals surface area contributed by atoms with E-state index in [9.17, 15) is 9.90 Å².